The van der Waals surface area contributed by atoms with Crippen LogP contribution in [0.5, 0.6) is 5.75 Å². The first-order valence-electron chi connectivity index (χ1n) is 8.40. The molecule has 0 aliphatic carbocycles. The van der Waals surface area contributed by atoms with Crippen molar-refractivity contribution in [2.24, 2.45) is 0 Å². The second-order valence-corrected chi connectivity index (χ2v) is 8.65. The third-order valence-corrected chi connectivity index (χ3v) is 6.05. The van der Waals surface area contributed by atoms with Crippen LogP contribution in [0.2, 0.25) is 0 Å². The first-order chi connectivity index (χ1) is 13.0. The number of amides is 2. The number of nitrogens with zero attached hydrogens (tertiary/aromatic N) is 1. The second-order valence-electron chi connectivity index (χ2n) is 5.89. The molecule has 0 unspecified atom stereocenters. The molecule has 4 nitrogen and oxygen atoms in total. The van der Waals surface area contributed by atoms with Gasteiger partial charge >= 0.3 is 0 Å². The summed E-state index contributed by atoms with van der Waals surface area (Å²) in [4.78, 5) is 26.9. The van der Waals surface area contributed by atoms with Crippen LogP contribution in [0.15, 0.2) is 56.3 Å². The number of carbonyl (C=O) groups is 2. The quantitative estimate of drug-likeness (QED) is 0.431. The summed E-state index contributed by atoms with van der Waals surface area (Å²) >= 11 is 7.86. The molecule has 1 fully saturated rings. The van der Waals surface area contributed by atoms with Gasteiger partial charge in [0.2, 0.25) is 0 Å². The third kappa shape index (κ3) is 4.83. The van der Waals surface area contributed by atoms with Gasteiger partial charge in [-0.1, -0.05) is 57.0 Å². The lowest BCUT2D eigenvalue weighted by atomic mass is 10.1. The highest BCUT2D eigenvalue weighted by Crippen LogP contribution is 2.36. The average molecular weight is 511 g/mol. The molecular formula is C20H17Br2NO3S. The number of halogens is 2. The number of imide groups is 1. The Morgan fingerprint density at radius 2 is 1.93 bits per heavy atom. The minimum atomic E-state index is -0.290. The fourth-order valence-electron chi connectivity index (χ4n) is 2.55. The van der Waals surface area contributed by atoms with Gasteiger partial charge in [0.1, 0.15) is 5.75 Å². The normalized spacial score (nSPS) is 15.7. The molecule has 2 aromatic carbocycles. The van der Waals surface area contributed by atoms with Crippen LogP contribution in [-0.4, -0.2) is 22.7 Å². The van der Waals surface area contributed by atoms with Gasteiger partial charge in [0.25, 0.3) is 11.1 Å². The van der Waals surface area contributed by atoms with Crippen LogP contribution in [0.1, 0.15) is 24.5 Å². The number of hydrogen-bond acceptors (Lipinski definition) is 4. The predicted molar refractivity (Wildman–Crippen MR) is 116 cm³/mol. The number of thioether (sulfide) groups is 1. The molecule has 0 aromatic heterocycles. The Labute approximate surface area is 179 Å². The second kappa shape index (κ2) is 9.08. The summed E-state index contributed by atoms with van der Waals surface area (Å²) in [6, 6.07) is 13.2. The van der Waals surface area contributed by atoms with Crippen molar-refractivity contribution in [2.45, 2.75) is 19.9 Å². The molecule has 27 heavy (non-hydrogen) atoms. The van der Waals surface area contributed by atoms with E-state index in [9.17, 15) is 9.59 Å². The summed E-state index contributed by atoms with van der Waals surface area (Å²) in [5.41, 5.74) is 1.65. The molecule has 0 atom stereocenters. The average Bonchev–Trinajstić information content (AvgIpc) is 2.90. The highest BCUT2D eigenvalue weighted by Gasteiger charge is 2.35. The smallest absolute Gasteiger partial charge is 0.293 e. The molecule has 2 aromatic rings. The van der Waals surface area contributed by atoms with E-state index in [0.29, 0.717) is 17.3 Å². The van der Waals surface area contributed by atoms with Gasteiger partial charge in [-0.25, -0.2) is 0 Å². The maximum absolute atomic E-state index is 12.8. The Balaban J connectivity index is 1.86. The van der Waals surface area contributed by atoms with E-state index in [1.54, 1.807) is 6.08 Å². The van der Waals surface area contributed by atoms with Crippen LogP contribution >= 0.6 is 43.6 Å². The monoisotopic (exact) mass is 509 g/mol. The zero-order chi connectivity index (χ0) is 19.4. The number of benzene rings is 2. The SMILES string of the molecule is CCCOc1ccc(Br)cc1/C=C1/SC(=O)N(Cc2ccccc2Br)C1=O. The summed E-state index contributed by atoms with van der Waals surface area (Å²) in [6.07, 6.45) is 2.61. The Hall–Kier alpha value is -1.57. The van der Waals surface area contributed by atoms with Crippen molar-refractivity contribution in [1.29, 1.82) is 0 Å². The summed E-state index contributed by atoms with van der Waals surface area (Å²) < 4.78 is 7.51. The minimum absolute atomic E-state index is 0.237. The lowest BCUT2D eigenvalue weighted by molar-refractivity contribution is -0.123. The highest BCUT2D eigenvalue weighted by atomic mass is 79.9. The first kappa shape index (κ1) is 20.2. The molecule has 1 heterocycles. The summed E-state index contributed by atoms with van der Waals surface area (Å²) in [6.45, 7) is 2.86. The molecule has 1 saturated heterocycles. The van der Waals surface area contributed by atoms with Gasteiger partial charge in [0.15, 0.2) is 0 Å². The molecule has 0 bridgehead atoms. The molecule has 3 rings (SSSR count). The van der Waals surface area contributed by atoms with Crippen LogP contribution in [0.25, 0.3) is 6.08 Å². The van der Waals surface area contributed by atoms with Crippen LogP contribution in [-0.2, 0) is 11.3 Å². The van der Waals surface area contributed by atoms with Gasteiger partial charge in [0.05, 0.1) is 18.1 Å². The zero-order valence-corrected chi connectivity index (χ0v) is 18.6. The molecule has 140 valence electrons. The summed E-state index contributed by atoms with van der Waals surface area (Å²) in [5.74, 6) is 0.403. The molecule has 0 radical (unpaired) electrons. The minimum Gasteiger partial charge on any atom is -0.493 e. The van der Waals surface area contributed by atoms with Crippen molar-refractivity contribution in [2.75, 3.05) is 6.61 Å². The molecule has 0 N–H and O–H groups in total. The number of hydrogen-bond donors (Lipinski definition) is 0. The maximum Gasteiger partial charge on any atom is 0.293 e. The van der Waals surface area contributed by atoms with Crippen molar-refractivity contribution in [3.63, 3.8) is 0 Å². The standard InChI is InChI=1S/C20H17Br2NO3S/c1-2-9-26-17-8-7-15(21)10-14(17)11-18-19(24)23(20(25)27-18)12-13-5-3-4-6-16(13)22/h3-8,10-11H,2,9,12H2,1H3/b18-11+. The highest BCUT2D eigenvalue weighted by molar-refractivity contribution is 9.10. The molecule has 0 saturated carbocycles. The predicted octanol–water partition coefficient (Wildman–Crippen LogP) is 6.24. The van der Waals surface area contributed by atoms with Crippen molar-refractivity contribution >= 4 is 60.8 Å². The topological polar surface area (TPSA) is 46.6 Å². The van der Waals surface area contributed by atoms with Crippen LogP contribution in [0, 0.1) is 0 Å². The fraction of sp³-hybridized carbons (Fsp3) is 0.200. The number of ether oxygens (including phenoxy) is 1. The van der Waals surface area contributed by atoms with E-state index in [1.165, 1.54) is 4.90 Å². The molecule has 7 heteroatoms. The largest absolute Gasteiger partial charge is 0.493 e. The van der Waals surface area contributed by atoms with Gasteiger partial charge in [-0.3, -0.25) is 14.5 Å². The number of carbonyl (C=O) groups excluding carboxylic acids is 2. The fourth-order valence-corrected chi connectivity index (χ4v) is 4.17. The summed E-state index contributed by atoms with van der Waals surface area (Å²) in [7, 11) is 0. The summed E-state index contributed by atoms with van der Waals surface area (Å²) in [5, 5.41) is -0.270. The zero-order valence-electron chi connectivity index (χ0n) is 14.6. The Kier molecular flexibility index (Phi) is 6.78. The van der Waals surface area contributed by atoms with Crippen LogP contribution < -0.4 is 4.74 Å². The van der Waals surface area contributed by atoms with Crippen molar-refractivity contribution in [3.05, 3.63) is 67.4 Å². The van der Waals surface area contributed by atoms with E-state index in [-0.39, 0.29) is 17.7 Å². The van der Waals surface area contributed by atoms with E-state index < -0.39 is 0 Å². The number of rotatable bonds is 6. The molecular weight excluding hydrogens is 494 g/mol. The Morgan fingerprint density at radius 3 is 2.67 bits per heavy atom. The van der Waals surface area contributed by atoms with Crippen molar-refractivity contribution in [1.82, 2.24) is 4.90 Å². The molecule has 1 aliphatic heterocycles. The van der Waals surface area contributed by atoms with E-state index in [0.717, 1.165) is 38.3 Å². The Bertz CT molecular complexity index is 914. The lowest BCUT2D eigenvalue weighted by Gasteiger charge is -2.13. The van der Waals surface area contributed by atoms with Crippen LogP contribution in [0.4, 0.5) is 4.79 Å². The molecule has 1 aliphatic rings. The van der Waals surface area contributed by atoms with Gasteiger partial charge in [0, 0.05) is 14.5 Å². The van der Waals surface area contributed by atoms with Gasteiger partial charge < -0.3 is 4.74 Å². The lowest BCUT2D eigenvalue weighted by Crippen LogP contribution is -2.27. The van der Waals surface area contributed by atoms with E-state index in [2.05, 4.69) is 31.9 Å². The van der Waals surface area contributed by atoms with Crippen molar-refractivity contribution < 1.29 is 14.3 Å². The molecule has 2 amide bonds. The van der Waals surface area contributed by atoms with Gasteiger partial charge in [-0.2, -0.15) is 0 Å². The van der Waals surface area contributed by atoms with Gasteiger partial charge in [-0.15, -0.1) is 0 Å². The van der Waals surface area contributed by atoms with Crippen LogP contribution in [0.3, 0.4) is 0 Å². The van der Waals surface area contributed by atoms with E-state index >= 15 is 0 Å². The van der Waals surface area contributed by atoms with E-state index in [1.807, 2.05) is 49.4 Å². The first-order valence-corrected chi connectivity index (χ1v) is 10.8. The maximum atomic E-state index is 12.8. The molecule has 0 spiro atoms. The van der Waals surface area contributed by atoms with Crippen molar-refractivity contribution in [3.8, 4) is 5.75 Å². The Morgan fingerprint density at radius 1 is 1.15 bits per heavy atom. The van der Waals surface area contributed by atoms with Gasteiger partial charge in [-0.05, 0) is 54.1 Å². The third-order valence-electron chi connectivity index (χ3n) is 3.88. The van der Waals surface area contributed by atoms with E-state index in [4.69, 9.17) is 4.74 Å².